The molecule has 0 aliphatic carbocycles. The van der Waals surface area contributed by atoms with Gasteiger partial charge in [0.25, 0.3) is 0 Å². The Morgan fingerprint density at radius 2 is 1.90 bits per heavy atom. The van der Waals surface area contributed by atoms with E-state index in [4.69, 9.17) is 5.26 Å². The molecule has 0 heterocycles. The number of nitriles is 1. The molecular formula is C8H6LiN. The van der Waals surface area contributed by atoms with Gasteiger partial charge < -0.3 is 0 Å². The van der Waals surface area contributed by atoms with E-state index in [-0.39, 0.29) is 18.9 Å². The van der Waals surface area contributed by atoms with Crippen LogP contribution < -0.4 is 18.9 Å². The third kappa shape index (κ3) is 1.85. The average molecular weight is 123 g/mol. The minimum Gasteiger partial charge on any atom is -0.208 e. The van der Waals surface area contributed by atoms with Crippen LogP contribution in [0, 0.1) is 18.3 Å². The summed E-state index contributed by atoms with van der Waals surface area (Å²) in [5, 5.41) is 8.43. The Bertz CT molecular complexity index is 250. The second-order valence-corrected chi connectivity index (χ2v) is 1.77. The van der Waals surface area contributed by atoms with Crippen molar-refractivity contribution in [1.29, 1.82) is 5.26 Å². The first-order chi connectivity index (χ1) is 4.34. The second kappa shape index (κ2) is 4.07. The van der Waals surface area contributed by atoms with Crippen LogP contribution in [-0.2, 0) is 0 Å². The minimum atomic E-state index is 0. The summed E-state index contributed by atoms with van der Waals surface area (Å²) in [5.74, 6) is 0. The van der Waals surface area contributed by atoms with Crippen molar-refractivity contribution in [2.75, 3.05) is 0 Å². The van der Waals surface area contributed by atoms with E-state index in [2.05, 4.69) is 6.92 Å². The molecule has 0 saturated carbocycles. The number of hydrogen-bond donors (Lipinski definition) is 0. The van der Waals surface area contributed by atoms with Crippen molar-refractivity contribution < 1.29 is 18.9 Å². The normalized spacial score (nSPS) is 7.50. The summed E-state index contributed by atoms with van der Waals surface area (Å²) in [7, 11) is 0. The van der Waals surface area contributed by atoms with E-state index in [1.54, 1.807) is 6.07 Å². The fourth-order valence-electron chi connectivity index (χ4n) is 0.629. The van der Waals surface area contributed by atoms with Crippen LogP contribution in [0.5, 0.6) is 0 Å². The van der Waals surface area contributed by atoms with E-state index in [0.717, 1.165) is 5.56 Å². The zero-order valence-electron chi connectivity index (χ0n) is 5.96. The summed E-state index contributed by atoms with van der Waals surface area (Å²) in [6, 6.07) is 9.29. The third-order valence-corrected chi connectivity index (χ3v) is 1.14. The predicted molar refractivity (Wildman–Crippen MR) is 35.6 cm³/mol. The maximum absolute atomic E-state index is 8.43. The standard InChI is InChI=1S/C8H6N.Li/c1-7-4-2-3-5-8(7)6-9;/h2-5H,1H2;/q-1;+1. The van der Waals surface area contributed by atoms with Crippen molar-refractivity contribution in [2.45, 2.75) is 0 Å². The van der Waals surface area contributed by atoms with Crippen molar-refractivity contribution >= 4 is 0 Å². The molecule has 0 amide bonds. The molecule has 0 saturated heterocycles. The summed E-state index contributed by atoms with van der Waals surface area (Å²) in [5.41, 5.74) is 1.44. The van der Waals surface area contributed by atoms with Gasteiger partial charge in [0.1, 0.15) is 0 Å². The third-order valence-electron chi connectivity index (χ3n) is 1.14. The molecule has 10 heavy (non-hydrogen) atoms. The molecule has 0 aliphatic heterocycles. The van der Waals surface area contributed by atoms with Crippen LogP contribution in [0.2, 0.25) is 0 Å². The van der Waals surface area contributed by atoms with Crippen molar-refractivity contribution in [3.63, 3.8) is 0 Å². The SMILES string of the molecule is [CH2-]c1ccccc1C#N.[Li+]. The first kappa shape index (κ1) is 9.18. The molecule has 0 unspecified atom stereocenters. The van der Waals surface area contributed by atoms with Crippen molar-refractivity contribution in [2.24, 2.45) is 0 Å². The Labute approximate surface area is 72.9 Å². The maximum atomic E-state index is 8.43. The fourth-order valence-corrected chi connectivity index (χ4v) is 0.629. The van der Waals surface area contributed by atoms with E-state index in [1.165, 1.54) is 0 Å². The Morgan fingerprint density at radius 3 is 2.30 bits per heavy atom. The molecule has 44 valence electrons. The van der Waals surface area contributed by atoms with Crippen LogP contribution in [0.15, 0.2) is 24.3 Å². The summed E-state index contributed by atoms with van der Waals surface area (Å²) in [4.78, 5) is 0. The molecular weight excluding hydrogens is 117 g/mol. The van der Waals surface area contributed by atoms with Gasteiger partial charge in [-0.3, -0.25) is 0 Å². The number of hydrogen-bond acceptors (Lipinski definition) is 1. The molecule has 2 heteroatoms. The van der Waals surface area contributed by atoms with Crippen LogP contribution in [0.3, 0.4) is 0 Å². The van der Waals surface area contributed by atoms with Gasteiger partial charge in [-0.25, -0.2) is 5.26 Å². The Hall–Kier alpha value is -0.823. The number of rotatable bonds is 0. The largest absolute Gasteiger partial charge is 1.00 e. The van der Waals surface area contributed by atoms with Crippen LogP contribution in [0.25, 0.3) is 0 Å². The number of nitrogens with zero attached hydrogens (tertiary/aromatic N) is 1. The molecule has 0 radical (unpaired) electrons. The molecule has 1 nitrogen and oxygen atoms in total. The Kier molecular flexibility index (Phi) is 3.73. The van der Waals surface area contributed by atoms with Gasteiger partial charge in [-0.2, -0.15) is 18.6 Å². The predicted octanol–water partition coefficient (Wildman–Crippen LogP) is -1.26. The van der Waals surface area contributed by atoms with Gasteiger partial charge in [0.15, 0.2) is 0 Å². The molecule has 1 aromatic rings. The first-order valence-corrected chi connectivity index (χ1v) is 2.65. The summed E-state index contributed by atoms with van der Waals surface area (Å²) >= 11 is 0. The average Bonchev–Trinajstić information content (AvgIpc) is 1.89. The smallest absolute Gasteiger partial charge is 0.208 e. The number of benzene rings is 1. The quantitative estimate of drug-likeness (QED) is 0.312. The molecule has 0 spiro atoms. The van der Waals surface area contributed by atoms with E-state index in [0.29, 0.717) is 5.56 Å². The van der Waals surface area contributed by atoms with Crippen LogP contribution in [0.4, 0.5) is 0 Å². The molecule has 0 atom stereocenters. The van der Waals surface area contributed by atoms with Crippen LogP contribution in [-0.4, -0.2) is 0 Å². The van der Waals surface area contributed by atoms with Gasteiger partial charge in [-0.1, -0.05) is 11.6 Å². The zero-order valence-corrected chi connectivity index (χ0v) is 5.96. The van der Waals surface area contributed by atoms with E-state index in [9.17, 15) is 0 Å². The van der Waals surface area contributed by atoms with Gasteiger partial charge in [-0.05, 0) is 0 Å². The van der Waals surface area contributed by atoms with Gasteiger partial charge in [0.2, 0.25) is 0 Å². The summed E-state index contributed by atoms with van der Waals surface area (Å²) in [6.07, 6.45) is 0. The van der Waals surface area contributed by atoms with Crippen LogP contribution >= 0.6 is 0 Å². The second-order valence-electron chi connectivity index (χ2n) is 1.77. The van der Waals surface area contributed by atoms with Gasteiger partial charge in [-0.15, -0.1) is 12.1 Å². The fraction of sp³-hybridized carbons (Fsp3) is 0. The maximum Gasteiger partial charge on any atom is 1.00 e. The molecule has 1 rings (SSSR count). The summed E-state index contributed by atoms with van der Waals surface area (Å²) < 4.78 is 0. The minimum absolute atomic E-state index is 0. The van der Waals surface area contributed by atoms with Gasteiger partial charge in [0.05, 0.1) is 0 Å². The van der Waals surface area contributed by atoms with Gasteiger partial charge in [0, 0.05) is 6.07 Å². The molecule has 0 fully saturated rings. The van der Waals surface area contributed by atoms with Crippen molar-refractivity contribution in [3.05, 3.63) is 42.3 Å². The van der Waals surface area contributed by atoms with Crippen LogP contribution in [0.1, 0.15) is 11.1 Å². The monoisotopic (exact) mass is 123 g/mol. The molecule has 1 aromatic carbocycles. The molecule has 0 aliphatic rings. The zero-order chi connectivity index (χ0) is 6.69. The Balaban J connectivity index is 0.000000810. The van der Waals surface area contributed by atoms with Crippen molar-refractivity contribution in [1.82, 2.24) is 0 Å². The van der Waals surface area contributed by atoms with E-state index >= 15 is 0 Å². The molecule has 0 aromatic heterocycles. The topological polar surface area (TPSA) is 23.8 Å². The Morgan fingerprint density at radius 1 is 1.30 bits per heavy atom. The first-order valence-electron chi connectivity index (χ1n) is 2.65. The molecule has 0 bridgehead atoms. The van der Waals surface area contributed by atoms with Crippen molar-refractivity contribution in [3.8, 4) is 6.07 Å². The summed E-state index contributed by atoms with van der Waals surface area (Å²) in [6.45, 7) is 3.67. The van der Waals surface area contributed by atoms with Gasteiger partial charge >= 0.3 is 18.9 Å². The van der Waals surface area contributed by atoms with E-state index < -0.39 is 0 Å². The van der Waals surface area contributed by atoms with E-state index in [1.807, 2.05) is 24.3 Å². The molecule has 0 N–H and O–H groups in total.